The van der Waals surface area contributed by atoms with Gasteiger partial charge < -0.3 is 5.11 Å². The maximum atomic E-state index is 11.0. The highest BCUT2D eigenvalue weighted by molar-refractivity contribution is 5.85. The summed E-state index contributed by atoms with van der Waals surface area (Å²) in [6.45, 7) is 3.26. The van der Waals surface area contributed by atoms with Gasteiger partial charge in [0, 0.05) is 6.42 Å². The van der Waals surface area contributed by atoms with Gasteiger partial charge in [0.1, 0.15) is 5.78 Å². The fourth-order valence-corrected chi connectivity index (χ4v) is 1.60. The lowest BCUT2D eigenvalue weighted by atomic mass is 9.91. The average Bonchev–Trinajstić information content (AvgIpc) is 2.15. The Balaban J connectivity index is 3.04. The van der Waals surface area contributed by atoms with Crippen LogP contribution in [0.4, 0.5) is 0 Å². The third-order valence-electron chi connectivity index (χ3n) is 2.35. The van der Waals surface area contributed by atoms with Crippen molar-refractivity contribution in [3.63, 3.8) is 0 Å². The molecule has 0 fully saturated rings. The van der Waals surface area contributed by atoms with E-state index in [0.717, 1.165) is 11.1 Å². The molecule has 0 saturated heterocycles. The number of carbonyl (C=O) groups is 2. The van der Waals surface area contributed by atoms with E-state index in [1.54, 1.807) is 12.1 Å². The second-order valence-corrected chi connectivity index (χ2v) is 3.65. The van der Waals surface area contributed by atoms with E-state index >= 15 is 0 Å². The van der Waals surface area contributed by atoms with E-state index in [4.69, 9.17) is 5.11 Å². The molecule has 1 atom stereocenters. The van der Waals surface area contributed by atoms with Gasteiger partial charge in [0.05, 0.1) is 5.92 Å². The van der Waals surface area contributed by atoms with Gasteiger partial charge in [0.25, 0.3) is 0 Å². The van der Waals surface area contributed by atoms with Gasteiger partial charge in [-0.3, -0.25) is 9.59 Å². The third-order valence-corrected chi connectivity index (χ3v) is 2.35. The molecule has 1 aromatic carbocycles. The van der Waals surface area contributed by atoms with Crippen LogP contribution in [0.2, 0.25) is 0 Å². The fraction of sp³-hybridized carbons (Fsp3) is 0.333. The van der Waals surface area contributed by atoms with Gasteiger partial charge in [0.15, 0.2) is 0 Å². The zero-order chi connectivity index (χ0) is 11.4. The molecule has 15 heavy (non-hydrogen) atoms. The number of carboxylic acid groups (broad SMARTS) is 1. The highest BCUT2D eigenvalue weighted by Gasteiger charge is 2.22. The Morgan fingerprint density at radius 1 is 1.33 bits per heavy atom. The smallest absolute Gasteiger partial charge is 0.311 e. The van der Waals surface area contributed by atoms with Gasteiger partial charge in [-0.2, -0.15) is 0 Å². The molecule has 0 heterocycles. The molecule has 0 aromatic heterocycles. The van der Waals surface area contributed by atoms with Crippen LogP contribution in [0.25, 0.3) is 0 Å². The number of carbonyl (C=O) groups excluding carboxylic acids is 1. The summed E-state index contributed by atoms with van der Waals surface area (Å²) in [5, 5.41) is 9.05. The molecule has 0 aliphatic rings. The number of rotatable bonds is 4. The quantitative estimate of drug-likeness (QED) is 0.821. The van der Waals surface area contributed by atoms with Crippen molar-refractivity contribution >= 4 is 11.8 Å². The number of hydrogen-bond donors (Lipinski definition) is 1. The summed E-state index contributed by atoms with van der Waals surface area (Å²) >= 11 is 0. The first-order chi connectivity index (χ1) is 7.02. The second-order valence-electron chi connectivity index (χ2n) is 3.65. The Bertz CT molecular complexity index is 382. The van der Waals surface area contributed by atoms with Crippen molar-refractivity contribution in [2.75, 3.05) is 0 Å². The Morgan fingerprint density at radius 2 is 1.93 bits per heavy atom. The minimum atomic E-state index is -0.945. The van der Waals surface area contributed by atoms with Crippen molar-refractivity contribution in [3.8, 4) is 0 Å². The molecule has 80 valence electrons. The fourth-order valence-electron chi connectivity index (χ4n) is 1.60. The van der Waals surface area contributed by atoms with Crippen LogP contribution in [0.15, 0.2) is 24.3 Å². The first-order valence-corrected chi connectivity index (χ1v) is 4.80. The van der Waals surface area contributed by atoms with Crippen molar-refractivity contribution in [1.29, 1.82) is 0 Å². The Kier molecular flexibility index (Phi) is 3.61. The van der Waals surface area contributed by atoms with E-state index < -0.39 is 11.9 Å². The Hall–Kier alpha value is -1.64. The van der Waals surface area contributed by atoms with E-state index in [1.165, 1.54) is 6.92 Å². The van der Waals surface area contributed by atoms with Gasteiger partial charge in [-0.15, -0.1) is 0 Å². The van der Waals surface area contributed by atoms with Gasteiger partial charge in [0.2, 0.25) is 0 Å². The molecule has 1 unspecified atom stereocenters. The summed E-state index contributed by atoms with van der Waals surface area (Å²) in [6, 6.07) is 7.26. The van der Waals surface area contributed by atoms with Crippen molar-refractivity contribution in [1.82, 2.24) is 0 Å². The largest absolute Gasteiger partial charge is 0.481 e. The molecule has 1 aromatic rings. The van der Waals surface area contributed by atoms with Crippen LogP contribution in [-0.4, -0.2) is 16.9 Å². The summed E-state index contributed by atoms with van der Waals surface area (Å²) in [7, 11) is 0. The summed E-state index contributed by atoms with van der Waals surface area (Å²) in [6.07, 6.45) is 0.0557. The van der Waals surface area contributed by atoms with Crippen molar-refractivity contribution in [3.05, 3.63) is 35.4 Å². The molecule has 0 radical (unpaired) electrons. The lowest BCUT2D eigenvalue weighted by Crippen LogP contribution is -2.15. The van der Waals surface area contributed by atoms with Crippen molar-refractivity contribution in [2.45, 2.75) is 26.2 Å². The topological polar surface area (TPSA) is 54.4 Å². The van der Waals surface area contributed by atoms with Gasteiger partial charge in [-0.1, -0.05) is 24.3 Å². The molecule has 0 amide bonds. The number of aliphatic carboxylic acids is 1. The minimum Gasteiger partial charge on any atom is -0.481 e. The summed E-state index contributed by atoms with van der Waals surface area (Å²) in [4.78, 5) is 22.0. The van der Waals surface area contributed by atoms with Crippen LogP contribution in [0.5, 0.6) is 0 Å². The maximum absolute atomic E-state index is 11.0. The molecule has 1 N–H and O–H groups in total. The molecule has 0 spiro atoms. The second kappa shape index (κ2) is 4.73. The third kappa shape index (κ3) is 2.91. The zero-order valence-electron chi connectivity index (χ0n) is 8.86. The Morgan fingerprint density at radius 3 is 2.40 bits per heavy atom. The van der Waals surface area contributed by atoms with E-state index in [1.807, 2.05) is 19.1 Å². The molecular formula is C12H14O3. The molecule has 0 aliphatic carbocycles. The normalized spacial score (nSPS) is 12.1. The lowest BCUT2D eigenvalue weighted by molar-refractivity contribution is -0.140. The van der Waals surface area contributed by atoms with Crippen LogP contribution >= 0.6 is 0 Å². The predicted molar refractivity (Wildman–Crippen MR) is 56.9 cm³/mol. The number of Topliss-reactive ketones (excluding diaryl/α,β-unsaturated/α-hetero) is 1. The zero-order valence-corrected chi connectivity index (χ0v) is 8.86. The summed E-state index contributed by atoms with van der Waals surface area (Å²) in [5.74, 6) is -1.77. The average molecular weight is 206 g/mol. The van der Waals surface area contributed by atoms with Gasteiger partial charge >= 0.3 is 5.97 Å². The van der Waals surface area contributed by atoms with Crippen molar-refractivity contribution < 1.29 is 14.7 Å². The molecule has 3 heteroatoms. The maximum Gasteiger partial charge on any atom is 0.311 e. The lowest BCUT2D eigenvalue weighted by Gasteiger charge is -2.13. The van der Waals surface area contributed by atoms with E-state index in [-0.39, 0.29) is 12.2 Å². The number of ketones is 1. The molecule has 0 bridgehead atoms. The van der Waals surface area contributed by atoms with Gasteiger partial charge in [-0.25, -0.2) is 0 Å². The number of benzene rings is 1. The minimum absolute atomic E-state index is 0.0557. The Labute approximate surface area is 88.7 Å². The molecule has 3 nitrogen and oxygen atoms in total. The van der Waals surface area contributed by atoms with E-state index in [9.17, 15) is 9.59 Å². The molecular weight excluding hydrogens is 192 g/mol. The monoisotopic (exact) mass is 206 g/mol. The number of carboxylic acids is 1. The highest BCUT2D eigenvalue weighted by Crippen LogP contribution is 2.23. The SMILES string of the molecule is CC(=O)CC(C(=O)O)c1ccccc1C. The summed E-state index contributed by atoms with van der Waals surface area (Å²) < 4.78 is 0. The van der Waals surface area contributed by atoms with Gasteiger partial charge in [-0.05, 0) is 25.0 Å². The van der Waals surface area contributed by atoms with Crippen LogP contribution in [-0.2, 0) is 9.59 Å². The molecule has 0 saturated carbocycles. The van der Waals surface area contributed by atoms with Crippen LogP contribution in [0.3, 0.4) is 0 Å². The van der Waals surface area contributed by atoms with E-state index in [2.05, 4.69) is 0 Å². The van der Waals surface area contributed by atoms with Crippen molar-refractivity contribution in [2.24, 2.45) is 0 Å². The first kappa shape index (κ1) is 11.4. The molecule has 0 aliphatic heterocycles. The van der Waals surface area contributed by atoms with Crippen LogP contribution in [0, 0.1) is 6.92 Å². The summed E-state index contributed by atoms with van der Waals surface area (Å²) in [5.41, 5.74) is 1.63. The predicted octanol–water partition coefficient (Wildman–Crippen LogP) is 2.14. The van der Waals surface area contributed by atoms with E-state index in [0.29, 0.717) is 0 Å². The van der Waals surface area contributed by atoms with Crippen LogP contribution in [0.1, 0.15) is 30.4 Å². The first-order valence-electron chi connectivity index (χ1n) is 4.80. The highest BCUT2D eigenvalue weighted by atomic mass is 16.4. The number of aryl methyl sites for hydroxylation is 1. The number of hydrogen-bond acceptors (Lipinski definition) is 2. The standard InChI is InChI=1S/C12H14O3/c1-8-5-3-4-6-10(8)11(12(14)15)7-9(2)13/h3-6,11H,7H2,1-2H3,(H,14,15). The molecule has 1 rings (SSSR count). The van der Waals surface area contributed by atoms with Crippen LogP contribution < -0.4 is 0 Å².